The summed E-state index contributed by atoms with van der Waals surface area (Å²) < 4.78 is 0. The number of aromatic nitrogens is 2. The Morgan fingerprint density at radius 3 is 2.96 bits per heavy atom. The first kappa shape index (κ1) is 15.9. The second-order valence-corrected chi connectivity index (χ2v) is 6.96. The first-order valence-corrected chi connectivity index (χ1v) is 8.77. The van der Waals surface area contributed by atoms with E-state index in [1.165, 1.54) is 23.7 Å². The molecule has 130 valence electrons. The van der Waals surface area contributed by atoms with Crippen LogP contribution in [-0.4, -0.2) is 45.2 Å². The molecule has 2 aliphatic rings. The topological polar surface area (TPSA) is 86.3 Å². The lowest BCUT2D eigenvalue weighted by atomic mass is 10.0. The third-order valence-electron chi connectivity index (χ3n) is 5.37. The van der Waals surface area contributed by atoms with E-state index in [4.69, 9.17) is 0 Å². The first-order valence-electron chi connectivity index (χ1n) is 8.77. The minimum Gasteiger partial charge on any atom is -0.478 e. The van der Waals surface area contributed by atoms with E-state index in [0.717, 1.165) is 24.8 Å². The van der Waals surface area contributed by atoms with E-state index in [-0.39, 0.29) is 17.4 Å². The highest BCUT2D eigenvalue weighted by atomic mass is 16.4. The van der Waals surface area contributed by atoms with Crippen molar-refractivity contribution in [2.24, 2.45) is 0 Å². The quantitative estimate of drug-likeness (QED) is 0.894. The molecule has 0 spiro atoms. The number of hydrogen-bond acceptors (Lipinski definition) is 3. The molecule has 1 aromatic heterocycles. The van der Waals surface area contributed by atoms with Crippen molar-refractivity contribution in [1.29, 1.82) is 0 Å². The second kappa shape index (κ2) is 6.35. The fraction of sp³-hybridized carbons (Fsp3) is 0.421. The molecule has 2 heterocycles. The molecular formula is C19H21N3O3. The summed E-state index contributed by atoms with van der Waals surface area (Å²) >= 11 is 0. The Labute approximate surface area is 145 Å². The number of likely N-dealkylation sites (tertiary alicyclic amines) is 1. The standard InChI is InChI=1S/C19H21N3O3/c23-17(9-12-4-5-13-2-1-3-14(13)8-12)22-7-6-15(11-22)18-16(19(24)25)10-20-21-18/h4-5,8,10,15H,1-3,6-7,9,11H2,(H,20,21)(H,24,25). The predicted molar refractivity (Wildman–Crippen MR) is 91.7 cm³/mol. The summed E-state index contributed by atoms with van der Waals surface area (Å²) in [7, 11) is 0. The number of H-pyrrole nitrogens is 1. The smallest absolute Gasteiger partial charge is 0.339 e. The molecule has 4 rings (SSSR count). The Morgan fingerprint density at radius 1 is 1.28 bits per heavy atom. The van der Waals surface area contributed by atoms with Crippen LogP contribution in [0.3, 0.4) is 0 Å². The highest BCUT2D eigenvalue weighted by Gasteiger charge is 2.31. The molecule has 0 bridgehead atoms. The maximum absolute atomic E-state index is 12.6. The van der Waals surface area contributed by atoms with Crippen molar-refractivity contribution < 1.29 is 14.7 Å². The van der Waals surface area contributed by atoms with Crippen LogP contribution >= 0.6 is 0 Å². The van der Waals surface area contributed by atoms with Crippen LogP contribution in [0, 0.1) is 0 Å². The van der Waals surface area contributed by atoms with Crippen LogP contribution < -0.4 is 0 Å². The molecule has 2 aromatic rings. The van der Waals surface area contributed by atoms with Crippen molar-refractivity contribution in [3.8, 4) is 0 Å². The van der Waals surface area contributed by atoms with E-state index in [2.05, 4.69) is 28.4 Å². The SMILES string of the molecule is O=C(O)c1cn[nH]c1C1CCN(C(=O)Cc2ccc3c(c2)CCC3)C1. The summed E-state index contributed by atoms with van der Waals surface area (Å²) in [5, 5.41) is 15.9. The average molecular weight is 339 g/mol. The Balaban J connectivity index is 1.42. The van der Waals surface area contributed by atoms with Gasteiger partial charge in [0.05, 0.1) is 18.3 Å². The molecule has 6 heteroatoms. The normalized spacial score (nSPS) is 19.2. The third-order valence-corrected chi connectivity index (χ3v) is 5.37. The van der Waals surface area contributed by atoms with Gasteiger partial charge in [0.1, 0.15) is 5.56 Å². The highest BCUT2D eigenvalue weighted by molar-refractivity contribution is 5.89. The van der Waals surface area contributed by atoms with E-state index >= 15 is 0 Å². The van der Waals surface area contributed by atoms with Crippen LogP contribution in [0.5, 0.6) is 0 Å². The number of nitrogens with one attached hydrogen (secondary N) is 1. The van der Waals surface area contributed by atoms with E-state index in [0.29, 0.717) is 25.2 Å². The molecule has 1 unspecified atom stereocenters. The van der Waals surface area contributed by atoms with Gasteiger partial charge in [0.25, 0.3) is 0 Å². The summed E-state index contributed by atoms with van der Waals surface area (Å²) in [4.78, 5) is 25.7. The minimum absolute atomic E-state index is 0.0116. The van der Waals surface area contributed by atoms with Crippen LogP contribution in [0.1, 0.15) is 51.5 Å². The van der Waals surface area contributed by atoms with Gasteiger partial charge in [-0.25, -0.2) is 4.79 Å². The molecule has 1 aromatic carbocycles. The number of aryl methyl sites for hydroxylation is 2. The first-order chi connectivity index (χ1) is 12.1. The Bertz CT molecular complexity index is 827. The van der Waals surface area contributed by atoms with Gasteiger partial charge in [-0.3, -0.25) is 9.89 Å². The molecule has 1 saturated heterocycles. The number of carbonyl (C=O) groups is 2. The van der Waals surface area contributed by atoms with Crippen LogP contribution in [0.2, 0.25) is 0 Å². The predicted octanol–water partition coefficient (Wildman–Crippen LogP) is 2.16. The number of carbonyl (C=O) groups excluding carboxylic acids is 1. The van der Waals surface area contributed by atoms with Crippen molar-refractivity contribution >= 4 is 11.9 Å². The summed E-state index contributed by atoms with van der Waals surface area (Å²) in [5.41, 5.74) is 4.70. The lowest BCUT2D eigenvalue weighted by Crippen LogP contribution is -2.30. The molecule has 25 heavy (non-hydrogen) atoms. The maximum atomic E-state index is 12.6. The van der Waals surface area contributed by atoms with Gasteiger partial charge in [0, 0.05) is 19.0 Å². The molecular weight excluding hydrogens is 318 g/mol. The maximum Gasteiger partial charge on any atom is 0.339 e. The van der Waals surface area contributed by atoms with Gasteiger partial charge >= 0.3 is 5.97 Å². The van der Waals surface area contributed by atoms with Gasteiger partial charge in [-0.05, 0) is 42.4 Å². The summed E-state index contributed by atoms with van der Waals surface area (Å²) in [5.74, 6) is -0.860. The number of rotatable bonds is 4. The summed E-state index contributed by atoms with van der Waals surface area (Å²) in [6.07, 6.45) is 5.98. The number of carboxylic acids is 1. The number of aromatic carboxylic acids is 1. The van der Waals surface area contributed by atoms with Gasteiger partial charge in [-0.2, -0.15) is 5.10 Å². The number of nitrogens with zero attached hydrogens (tertiary/aromatic N) is 2. The molecule has 0 saturated carbocycles. The second-order valence-electron chi connectivity index (χ2n) is 6.96. The molecule has 2 N–H and O–H groups in total. The lowest BCUT2D eigenvalue weighted by molar-refractivity contribution is -0.129. The van der Waals surface area contributed by atoms with Crippen molar-refractivity contribution in [3.05, 3.63) is 52.3 Å². The van der Waals surface area contributed by atoms with Gasteiger partial charge < -0.3 is 10.0 Å². The zero-order valence-corrected chi connectivity index (χ0v) is 14.0. The van der Waals surface area contributed by atoms with E-state index in [1.807, 2.05) is 4.90 Å². The van der Waals surface area contributed by atoms with Crippen LogP contribution in [0.25, 0.3) is 0 Å². The van der Waals surface area contributed by atoms with E-state index in [1.54, 1.807) is 0 Å². The van der Waals surface area contributed by atoms with Crippen molar-refractivity contribution in [3.63, 3.8) is 0 Å². The highest BCUT2D eigenvalue weighted by Crippen LogP contribution is 2.29. The van der Waals surface area contributed by atoms with Crippen molar-refractivity contribution in [1.82, 2.24) is 15.1 Å². The van der Waals surface area contributed by atoms with Crippen molar-refractivity contribution in [2.45, 2.75) is 38.0 Å². The number of aromatic amines is 1. The Hall–Kier alpha value is -2.63. The summed E-state index contributed by atoms with van der Waals surface area (Å²) in [6, 6.07) is 6.39. The number of benzene rings is 1. The number of amides is 1. The fourth-order valence-corrected chi connectivity index (χ4v) is 4.02. The lowest BCUT2D eigenvalue weighted by Gasteiger charge is -2.17. The molecule has 1 amide bonds. The molecule has 1 fully saturated rings. The van der Waals surface area contributed by atoms with Crippen LogP contribution in [-0.2, 0) is 24.1 Å². The zero-order chi connectivity index (χ0) is 17.4. The van der Waals surface area contributed by atoms with E-state index < -0.39 is 5.97 Å². The van der Waals surface area contributed by atoms with Crippen LogP contribution in [0.4, 0.5) is 0 Å². The Kier molecular flexibility index (Phi) is 4.03. The van der Waals surface area contributed by atoms with Crippen LogP contribution in [0.15, 0.2) is 24.4 Å². The largest absolute Gasteiger partial charge is 0.478 e. The molecule has 1 atom stereocenters. The Morgan fingerprint density at radius 2 is 2.12 bits per heavy atom. The zero-order valence-electron chi connectivity index (χ0n) is 14.0. The molecule has 1 aliphatic heterocycles. The third kappa shape index (κ3) is 3.04. The molecule has 0 radical (unpaired) electrons. The van der Waals surface area contributed by atoms with Gasteiger partial charge in [0.15, 0.2) is 0 Å². The molecule has 1 aliphatic carbocycles. The van der Waals surface area contributed by atoms with E-state index in [9.17, 15) is 14.7 Å². The van der Waals surface area contributed by atoms with Gasteiger partial charge in [0.2, 0.25) is 5.91 Å². The summed E-state index contributed by atoms with van der Waals surface area (Å²) in [6.45, 7) is 1.21. The monoisotopic (exact) mass is 339 g/mol. The minimum atomic E-state index is -0.980. The van der Waals surface area contributed by atoms with Gasteiger partial charge in [-0.1, -0.05) is 18.2 Å². The molecule has 6 nitrogen and oxygen atoms in total. The number of carboxylic acid groups (broad SMARTS) is 1. The van der Waals surface area contributed by atoms with Crippen molar-refractivity contribution in [2.75, 3.05) is 13.1 Å². The average Bonchev–Trinajstić information content (AvgIpc) is 3.33. The number of hydrogen-bond donors (Lipinski definition) is 2. The van der Waals surface area contributed by atoms with Gasteiger partial charge in [-0.15, -0.1) is 0 Å². The fourth-order valence-electron chi connectivity index (χ4n) is 4.02. The number of fused-ring (bicyclic) bond motifs is 1.